The van der Waals surface area contributed by atoms with E-state index in [0.717, 1.165) is 6.07 Å². The molecule has 0 unspecified atom stereocenters. The van der Waals surface area contributed by atoms with Crippen molar-refractivity contribution in [1.82, 2.24) is 9.88 Å². The van der Waals surface area contributed by atoms with E-state index in [1.807, 2.05) is 0 Å². The lowest BCUT2D eigenvalue weighted by atomic mass is 10.1. The lowest BCUT2D eigenvalue weighted by molar-refractivity contribution is -0.117. The number of halogens is 2. The zero-order valence-corrected chi connectivity index (χ0v) is 15.5. The molecule has 0 radical (unpaired) electrons. The quantitative estimate of drug-likeness (QED) is 0.604. The second-order valence-electron chi connectivity index (χ2n) is 6.03. The smallest absolute Gasteiger partial charge is 0.292 e. The third-order valence-electron chi connectivity index (χ3n) is 3.55. The Kier molecular flexibility index (Phi) is 5.98. The van der Waals surface area contributed by atoms with Crippen LogP contribution in [0.2, 0.25) is 5.02 Å². The van der Waals surface area contributed by atoms with Crippen LogP contribution in [0.5, 0.6) is 0 Å². The Balaban J connectivity index is 2.30. The van der Waals surface area contributed by atoms with Gasteiger partial charge >= 0.3 is 0 Å². The number of nitrogens with one attached hydrogen (secondary N) is 2. The molecule has 0 aliphatic rings. The first-order chi connectivity index (χ1) is 12.6. The fraction of sp³-hybridized carbons (Fsp3) is 0.222. The van der Waals surface area contributed by atoms with Crippen LogP contribution in [0.3, 0.4) is 0 Å². The molecule has 1 heterocycles. The van der Waals surface area contributed by atoms with Crippen molar-refractivity contribution >= 4 is 34.9 Å². The third kappa shape index (κ3) is 4.33. The molecule has 0 fully saturated rings. The van der Waals surface area contributed by atoms with Crippen molar-refractivity contribution in [2.24, 2.45) is 7.05 Å². The van der Waals surface area contributed by atoms with Gasteiger partial charge in [-0.2, -0.15) is 5.26 Å². The van der Waals surface area contributed by atoms with Gasteiger partial charge in [0.15, 0.2) is 0 Å². The summed E-state index contributed by atoms with van der Waals surface area (Å²) in [6, 6.07) is 4.94. The normalized spacial score (nSPS) is 10.4. The van der Waals surface area contributed by atoms with Crippen LogP contribution in [0.4, 0.5) is 10.1 Å². The summed E-state index contributed by atoms with van der Waals surface area (Å²) >= 11 is 6.16. The van der Waals surface area contributed by atoms with E-state index in [1.165, 1.54) is 29.9 Å². The van der Waals surface area contributed by atoms with Crippen molar-refractivity contribution in [1.29, 1.82) is 5.26 Å². The number of carbonyl (C=O) groups is 3. The molecule has 0 spiro atoms. The van der Waals surface area contributed by atoms with E-state index in [1.54, 1.807) is 19.9 Å². The predicted molar refractivity (Wildman–Crippen MR) is 97.1 cm³/mol. The van der Waals surface area contributed by atoms with E-state index in [9.17, 15) is 18.8 Å². The maximum absolute atomic E-state index is 13.4. The first-order valence-corrected chi connectivity index (χ1v) is 8.24. The lowest BCUT2D eigenvalue weighted by Crippen LogP contribution is -2.35. The van der Waals surface area contributed by atoms with Crippen LogP contribution >= 0.6 is 11.6 Å². The molecule has 2 amide bonds. The molecule has 2 N–H and O–H groups in total. The number of ketones is 1. The maximum Gasteiger partial charge on any atom is 0.292 e. The summed E-state index contributed by atoms with van der Waals surface area (Å²) in [5.41, 5.74) is -0.216. The molecular weight excluding hydrogens is 375 g/mol. The van der Waals surface area contributed by atoms with Crippen LogP contribution in [0.25, 0.3) is 0 Å². The van der Waals surface area contributed by atoms with Gasteiger partial charge in [-0.3, -0.25) is 14.4 Å². The number of amides is 2. The average molecular weight is 391 g/mol. The van der Waals surface area contributed by atoms with Gasteiger partial charge in [0, 0.05) is 25.0 Å². The summed E-state index contributed by atoms with van der Waals surface area (Å²) in [5, 5.41) is 13.6. The molecule has 0 aliphatic carbocycles. The van der Waals surface area contributed by atoms with Crippen LogP contribution in [0.1, 0.15) is 40.3 Å². The second-order valence-corrected chi connectivity index (χ2v) is 6.41. The van der Waals surface area contributed by atoms with Gasteiger partial charge in [0.1, 0.15) is 17.6 Å². The fourth-order valence-electron chi connectivity index (χ4n) is 2.34. The first kappa shape index (κ1) is 20.1. The number of nitriles is 1. The van der Waals surface area contributed by atoms with Crippen molar-refractivity contribution in [3.63, 3.8) is 0 Å². The SMILES string of the molecule is CC(C)NC(=O)C(=O)c1cn(C)c(C(=O)Nc2ccc(F)c(C#N)c2)c1Cl. The summed E-state index contributed by atoms with van der Waals surface area (Å²) in [6.07, 6.45) is 1.28. The maximum atomic E-state index is 13.4. The highest BCUT2D eigenvalue weighted by Gasteiger charge is 2.27. The Morgan fingerprint density at radius 2 is 1.96 bits per heavy atom. The van der Waals surface area contributed by atoms with Gasteiger partial charge in [-0.1, -0.05) is 11.6 Å². The number of Topliss-reactive ketones (excluding diaryl/α,β-unsaturated/α-hetero) is 1. The molecule has 0 aliphatic heterocycles. The van der Waals surface area contributed by atoms with Crippen LogP contribution < -0.4 is 10.6 Å². The van der Waals surface area contributed by atoms with Crippen molar-refractivity contribution in [3.8, 4) is 6.07 Å². The van der Waals surface area contributed by atoms with Gasteiger partial charge in [0.05, 0.1) is 16.1 Å². The number of rotatable bonds is 5. The zero-order valence-electron chi connectivity index (χ0n) is 14.8. The van der Waals surface area contributed by atoms with Gasteiger partial charge in [-0.25, -0.2) is 4.39 Å². The number of aromatic nitrogens is 1. The minimum absolute atomic E-state index is 0.0554. The number of benzene rings is 1. The summed E-state index contributed by atoms with van der Waals surface area (Å²) in [6.45, 7) is 3.41. The molecule has 0 saturated heterocycles. The highest BCUT2D eigenvalue weighted by molar-refractivity contribution is 6.48. The minimum atomic E-state index is -0.864. The average Bonchev–Trinajstić information content (AvgIpc) is 2.89. The highest BCUT2D eigenvalue weighted by atomic mass is 35.5. The van der Waals surface area contributed by atoms with E-state index < -0.39 is 23.4 Å². The monoisotopic (exact) mass is 390 g/mol. The predicted octanol–water partition coefficient (Wildman–Crippen LogP) is 2.65. The molecule has 1 aromatic heterocycles. The van der Waals surface area contributed by atoms with Crippen molar-refractivity contribution in [3.05, 3.63) is 52.1 Å². The van der Waals surface area contributed by atoms with Crippen molar-refractivity contribution in [2.45, 2.75) is 19.9 Å². The number of hydrogen-bond acceptors (Lipinski definition) is 4. The molecule has 2 rings (SSSR count). The topological polar surface area (TPSA) is 104 Å². The zero-order chi connectivity index (χ0) is 20.3. The van der Waals surface area contributed by atoms with Gasteiger partial charge < -0.3 is 15.2 Å². The fourth-order valence-corrected chi connectivity index (χ4v) is 2.70. The Morgan fingerprint density at radius 1 is 1.30 bits per heavy atom. The van der Waals surface area contributed by atoms with Crippen molar-refractivity contribution in [2.75, 3.05) is 5.32 Å². The summed E-state index contributed by atoms with van der Waals surface area (Å²) in [7, 11) is 1.49. The Hall–Kier alpha value is -3.18. The molecule has 27 heavy (non-hydrogen) atoms. The molecule has 0 saturated carbocycles. The summed E-state index contributed by atoms with van der Waals surface area (Å²) < 4.78 is 14.7. The standard InChI is InChI=1S/C18H16ClFN4O3/c1-9(2)22-18(27)16(25)12-8-24(3)15(14(12)19)17(26)23-11-4-5-13(20)10(6-11)7-21/h4-6,8-9H,1-3H3,(H,22,27)(H,23,26). The largest absolute Gasteiger partial charge is 0.347 e. The molecule has 2 aromatic rings. The Morgan fingerprint density at radius 3 is 2.56 bits per heavy atom. The van der Waals surface area contributed by atoms with E-state index >= 15 is 0 Å². The number of carbonyl (C=O) groups excluding carboxylic acids is 3. The number of nitrogens with zero attached hydrogens (tertiary/aromatic N) is 2. The van der Waals surface area contributed by atoms with Crippen LogP contribution in [0.15, 0.2) is 24.4 Å². The molecule has 0 atom stereocenters. The molecule has 9 heteroatoms. The highest BCUT2D eigenvalue weighted by Crippen LogP contribution is 2.25. The number of anilines is 1. The van der Waals surface area contributed by atoms with Crippen LogP contribution in [-0.4, -0.2) is 28.2 Å². The first-order valence-electron chi connectivity index (χ1n) is 7.86. The van der Waals surface area contributed by atoms with E-state index in [0.29, 0.717) is 0 Å². The second kappa shape index (κ2) is 8.01. The Labute approximate surface area is 159 Å². The molecule has 7 nitrogen and oxygen atoms in total. The molecule has 140 valence electrons. The molecular formula is C18H16ClFN4O3. The molecule has 0 bridgehead atoms. The van der Waals surface area contributed by atoms with Crippen molar-refractivity contribution < 1.29 is 18.8 Å². The number of hydrogen-bond donors (Lipinski definition) is 2. The summed E-state index contributed by atoms with van der Waals surface area (Å²) in [4.78, 5) is 36.7. The van der Waals surface area contributed by atoms with E-state index in [4.69, 9.17) is 16.9 Å². The summed E-state index contributed by atoms with van der Waals surface area (Å²) in [5.74, 6) is -3.09. The Bertz CT molecular complexity index is 976. The van der Waals surface area contributed by atoms with Gasteiger partial charge in [0.25, 0.3) is 17.6 Å². The van der Waals surface area contributed by atoms with Crippen LogP contribution in [0, 0.1) is 17.1 Å². The van der Waals surface area contributed by atoms with Gasteiger partial charge in [-0.15, -0.1) is 0 Å². The number of aryl methyl sites for hydroxylation is 1. The van der Waals surface area contributed by atoms with E-state index in [2.05, 4.69) is 10.6 Å². The van der Waals surface area contributed by atoms with Gasteiger partial charge in [0.2, 0.25) is 0 Å². The minimum Gasteiger partial charge on any atom is -0.347 e. The van der Waals surface area contributed by atoms with Crippen LogP contribution in [-0.2, 0) is 11.8 Å². The van der Waals surface area contributed by atoms with E-state index in [-0.39, 0.29) is 33.6 Å². The molecule has 1 aromatic carbocycles. The lowest BCUT2D eigenvalue weighted by Gasteiger charge is -2.08. The van der Waals surface area contributed by atoms with Gasteiger partial charge in [-0.05, 0) is 32.0 Å². The third-order valence-corrected chi connectivity index (χ3v) is 3.93.